The van der Waals surface area contributed by atoms with Crippen molar-refractivity contribution in [3.8, 4) is 11.3 Å². The third kappa shape index (κ3) is 7.20. The molecule has 2 amide bonds. The number of hydrogen-bond acceptors (Lipinski definition) is 5. The van der Waals surface area contributed by atoms with E-state index in [1.807, 2.05) is 48.5 Å². The molecule has 7 nitrogen and oxygen atoms in total. The van der Waals surface area contributed by atoms with E-state index < -0.39 is 5.91 Å². The zero-order valence-electron chi connectivity index (χ0n) is 21.8. The van der Waals surface area contributed by atoms with Gasteiger partial charge in [0.1, 0.15) is 0 Å². The summed E-state index contributed by atoms with van der Waals surface area (Å²) in [4.78, 5) is 44.8. The van der Waals surface area contributed by atoms with E-state index in [2.05, 4.69) is 10.5 Å². The average molecular weight is 583 g/mol. The van der Waals surface area contributed by atoms with E-state index in [1.165, 1.54) is 0 Å². The Kier molecular flexibility index (Phi) is 8.77. The van der Waals surface area contributed by atoms with Gasteiger partial charge in [-0.2, -0.15) is 0 Å². The van der Waals surface area contributed by atoms with Gasteiger partial charge in [-0.25, -0.2) is 9.97 Å². The van der Waals surface area contributed by atoms with Crippen LogP contribution in [0.15, 0.2) is 96.2 Å². The molecule has 4 aromatic carbocycles. The van der Waals surface area contributed by atoms with Crippen molar-refractivity contribution in [2.45, 2.75) is 25.8 Å². The summed E-state index contributed by atoms with van der Waals surface area (Å²) >= 11 is 12.2. The topological polar surface area (TPSA) is 101 Å². The van der Waals surface area contributed by atoms with E-state index in [-0.39, 0.29) is 12.3 Å². The van der Waals surface area contributed by atoms with Crippen LogP contribution in [0, 0.1) is 4.91 Å². The molecule has 0 saturated carbocycles. The predicted molar refractivity (Wildman–Crippen MR) is 161 cm³/mol. The van der Waals surface area contributed by atoms with Gasteiger partial charge < -0.3 is 5.32 Å². The van der Waals surface area contributed by atoms with Crippen LogP contribution < -0.4 is 5.32 Å². The van der Waals surface area contributed by atoms with E-state index in [0.717, 1.165) is 33.6 Å². The van der Waals surface area contributed by atoms with Crippen molar-refractivity contribution < 1.29 is 9.59 Å². The lowest BCUT2D eigenvalue weighted by molar-refractivity contribution is -0.117. The third-order valence-corrected chi connectivity index (χ3v) is 7.04. The Labute approximate surface area is 246 Å². The normalized spacial score (nSPS) is 10.9. The molecule has 0 radical (unpaired) electrons. The lowest BCUT2D eigenvalue weighted by Crippen LogP contribution is -2.22. The largest absolute Gasteiger partial charge is 0.348 e. The molecule has 0 fully saturated rings. The number of nitroso groups, excluding NO2 is 1. The minimum Gasteiger partial charge on any atom is -0.348 e. The van der Waals surface area contributed by atoms with E-state index in [4.69, 9.17) is 33.2 Å². The number of fused-ring (bicyclic) bond motifs is 1. The number of rotatable bonds is 9. The second kappa shape index (κ2) is 12.8. The number of aryl methyl sites for hydroxylation is 2. The van der Waals surface area contributed by atoms with Gasteiger partial charge in [0, 0.05) is 32.9 Å². The van der Waals surface area contributed by atoms with E-state index in [1.54, 1.807) is 42.5 Å². The van der Waals surface area contributed by atoms with Gasteiger partial charge in [-0.15, -0.1) is 4.91 Å². The summed E-state index contributed by atoms with van der Waals surface area (Å²) in [6.45, 7) is 0.345. The first kappa shape index (κ1) is 28.1. The number of halogens is 2. The maximum absolute atomic E-state index is 12.9. The van der Waals surface area contributed by atoms with Crippen molar-refractivity contribution in [2.24, 2.45) is 5.18 Å². The van der Waals surface area contributed by atoms with Crippen LogP contribution in [0.25, 0.3) is 22.3 Å². The smallest absolute Gasteiger partial charge is 0.290 e. The van der Waals surface area contributed by atoms with Gasteiger partial charge in [0.15, 0.2) is 0 Å². The summed E-state index contributed by atoms with van der Waals surface area (Å²) in [7, 11) is 0. The highest BCUT2D eigenvalue weighted by Crippen LogP contribution is 2.27. The minimum absolute atomic E-state index is 0.0364. The Bertz CT molecular complexity index is 1760. The predicted octanol–water partition coefficient (Wildman–Crippen LogP) is 7.15. The maximum atomic E-state index is 12.9. The molecule has 9 heteroatoms. The molecule has 1 N–H and O–H groups in total. The number of carbonyl (C=O) groups is 2. The molecule has 41 heavy (non-hydrogen) atoms. The Morgan fingerprint density at radius 2 is 1.49 bits per heavy atom. The minimum atomic E-state index is -0.708. The van der Waals surface area contributed by atoms with Crippen molar-refractivity contribution in [3.05, 3.63) is 134 Å². The molecule has 0 bridgehead atoms. The summed E-state index contributed by atoms with van der Waals surface area (Å²) in [6, 6.07) is 27.5. The zero-order valence-corrected chi connectivity index (χ0v) is 23.3. The third-order valence-electron chi connectivity index (χ3n) is 6.56. The SMILES string of the molecule is O=NC(=O)Cc1cccc(CCc2nc3cc(C(=O)NCc4cccc(Cl)c4)ccc3nc2-c2ccc(Cl)cc2)c1. The number of amides is 2. The number of aromatic nitrogens is 2. The van der Waals surface area contributed by atoms with E-state index in [9.17, 15) is 14.5 Å². The molecular formula is C32H24Cl2N4O3. The molecule has 204 valence electrons. The molecule has 5 aromatic rings. The van der Waals surface area contributed by atoms with Crippen LogP contribution in [0.4, 0.5) is 0 Å². The molecule has 0 atom stereocenters. The molecule has 1 heterocycles. The van der Waals surface area contributed by atoms with Crippen LogP contribution in [0.3, 0.4) is 0 Å². The second-order valence-corrected chi connectivity index (χ2v) is 10.4. The Hall–Kier alpha value is -4.46. The Morgan fingerprint density at radius 3 is 2.27 bits per heavy atom. The van der Waals surface area contributed by atoms with Gasteiger partial charge in [0.05, 0.1) is 28.8 Å². The average Bonchev–Trinajstić information content (AvgIpc) is 2.98. The standard InChI is InChI=1S/C32H24Cl2N4O3/c33-25-11-8-23(9-12-25)31-28(13-7-20-3-1-4-21(15-20)17-30(39)38-41)36-29-18-24(10-14-27(29)37-31)32(40)35-19-22-5-2-6-26(34)16-22/h1-6,8-12,14-16,18H,7,13,17,19H2,(H,35,40). The second-order valence-electron chi connectivity index (χ2n) is 9.52. The lowest BCUT2D eigenvalue weighted by atomic mass is 10.0. The van der Waals surface area contributed by atoms with Crippen LogP contribution in [-0.2, 0) is 30.6 Å². The van der Waals surface area contributed by atoms with Crippen molar-refractivity contribution >= 4 is 46.0 Å². The van der Waals surface area contributed by atoms with Crippen LogP contribution in [0.1, 0.15) is 32.7 Å². The lowest BCUT2D eigenvalue weighted by Gasteiger charge is -2.12. The zero-order chi connectivity index (χ0) is 28.8. The summed E-state index contributed by atoms with van der Waals surface area (Å²) in [5.74, 6) is -0.937. The molecule has 0 saturated heterocycles. The number of nitrogens with one attached hydrogen (secondary N) is 1. The van der Waals surface area contributed by atoms with Crippen LogP contribution >= 0.6 is 23.2 Å². The highest BCUT2D eigenvalue weighted by atomic mass is 35.5. The molecular weight excluding hydrogens is 559 g/mol. The quantitative estimate of drug-likeness (QED) is 0.186. The van der Waals surface area contributed by atoms with Crippen LogP contribution in [-0.4, -0.2) is 21.8 Å². The van der Waals surface area contributed by atoms with Gasteiger partial charge in [0.25, 0.3) is 11.8 Å². The molecule has 0 unspecified atom stereocenters. The number of hydrogen-bond donors (Lipinski definition) is 1. The monoisotopic (exact) mass is 582 g/mol. The summed E-state index contributed by atoms with van der Waals surface area (Å²) in [5.41, 5.74) is 6.70. The molecule has 0 aliphatic rings. The fourth-order valence-electron chi connectivity index (χ4n) is 4.54. The van der Waals surface area contributed by atoms with Crippen molar-refractivity contribution in [1.29, 1.82) is 0 Å². The first-order chi connectivity index (χ1) is 19.9. The number of nitrogens with zero attached hydrogens (tertiary/aromatic N) is 3. The first-order valence-corrected chi connectivity index (χ1v) is 13.7. The van der Waals surface area contributed by atoms with Crippen LogP contribution in [0.5, 0.6) is 0 Å². The fraction of sp³-hybridized carbons (Fsp3) is 0.125. The summed E-state index contributed by atoms with van der Waals surface area (Å²) in [6.07, 6.45) is 1.14. The summed E-state index contributed by atoms with van der Waals surface area (Å²) in [5, 5.41) is 6.64. The maximum Gasteiger partial charge on any atom is 0.290 e. The molecule has 5 rings (SSSR count). The number of carbonyl (C=O) groups excluding carboxylic acids is 2. The van der Waals surface area contributed by atoms with Gasteiger partial charge in [-0.3, -0.25) is 9.59 Å². The van der Waals surface area contributed by atoms with Crippen molar-refractivity contribution in [2.75, 3.05) is 0 Å². The molecule has 0 aliphatic carbocycles. The highest BCUT2D eigenvalue weighted by Gasteiger charge is 2.14. The van der Waals surface area contributed by atoms with Crippen molar-refractivity contribution in [1.82, 2.24) is 15.3 Å². The van der Waals surface area contributed by atoms with E-state index in [0.29, 0.717) is 46.0 Å². The van der Waals surface area contributed by atoms with Gasteiger partial charge in [0.2, 0.25) is 0 Å². The summed E-state index contributed by atoms with van der Waals surface area (Å²) < 4.78 is 0. The number of benzene rings is 4. The van der Waals surface area contributed by atoms with E-state index >= 15 is 0 Å². The van der Waals surface area contributed by atoms with Gasteiger partial charge in [-0.1, -0.05) is 71.7 Å². The van der Waals surface area contributed by atoms with Crippen molar-refractivity contribution in [3.63, 3.8) is 0 Å². The molecule has 0 aliphatic heterocycles. The molecule has 0 spiro atoms. The first-order valence-electron chi connectivity index (χ1n) is 12.9. The Balaban J connectivity index is 1.43. The molecule has 1 aromatic heterocycles. The fourth-order valence-corrected chi connectivity index (χ4v) is 4.88. The van der Waals surface area contributed by atoms with Gasteiger partial charge in [-0.05, 0) is 72.0 Å². The Morgan fingerprint density at radius 1 is 0.732 bits per heavy atom. The van der Waals surface area contributed by atoms with Gasteiger partial charge >= 0.3 is 0 Å². The highest BCUT2D eigenvalue weighted by molar-refractivity contribution is 6.30. The van der Waals surface area contributed by atoms with Crippen LogP contribution in [0.2, 0.25) is 10.0 Å².